The highest BCUT2D eigenvalue weighted by Gasteiger charge is 2.19. The fourth-order valence-corrected chi connectivity index (χ4v) is 2.24. The van der Waals surface area contributed by atoms with E-state index in [1.54, 1.807) is 0 Å². The quantitative estimate of drug-likeness (QED) is 0.800. The van der Waals surface area contributed by atoms with Crippen molar-refractivity contribution in [1.82, 2.24) is 9.78 Å². The molecule has 1 aromatic heterocycles. The number of hydrogen-bond donors (Lipinski definition) is 2. The van der Waals surface area contributed by atoms with Crippen LogP contribution in [0.3, 0.4) is 0 Å². The number of anilines is 2. The molecule has 1 aromatic rings. The summed E-state index contributed by atoms with van der Waals surface area (Å²) in [7, 11) is 0. The SMILES string of the molecule is CCn1nc(C)c(N)c1NC1CCCC1. The monoisotopic (exact) mass is 208 g/mol. The molecular formula is C11H20N4. The van der Waals surface area contributed by atoms with E-state index in [9.17, 15) is 0 Å². The largest absolute Gasteiger partial charge is 0.394 e. The van der Waals surface area contributed by atoms with E-state index in [2.05, 4.69) is 17.3 Å². The summed E-state index contributed by atoms with van der Waals surface area (Å²) in [4.78, 5) is 0. The first-order chi connectivity index (χ1) is 7.22. The second kappa shape index (κ2) is 4.13. The smallest absolute Gasteiger partial charge is 0.148 e. The third kappa shape index (κ3) is 1.94. The fourth-order valence-electron chi connectivity index (χ4n) is 2.24. The molecule has 15 heavy (non-hydrogen) atoms. The highest BCUT2D eigenvalue weighted by molar-refractivity contribution is 5.65. The maximum absolute atomic E-state index is 6.01. The average Bonchev–Trinajstić information content (AvgIpc) is 2.82. The molecule has 4 nitrogen and oxygen atoms in total. The van der Waals surface area contributed by atoms with Crippen LogP contribution in [0.25, 0.3) is 0 Å². The molecule has 1 aliphatic carbocycles. The summed E-state index contributed by atoms with van der Waals surface area (Å²) < 4.78 is 1.96. The zero-order chi connectivity index (χ0) is 10.8. The molecule has 1 aliphatic rings. The molecule has 4 heteroatoms. The topological polar surface area (TPSA) is 55.9 Å². The summed E-state index contributed by atoms with van der Waals surface area (Å²) >= 11 is 0. The van der Waals surface area contributed by atoms with Gasteiger partial charge in [-0.3, -0.25) is 0 Å². The molecule has 0 atom stereocenters. The normalized spacial score (nSPS) is 17.2. The Morgan fingerprint density at radius 1 is 1.47 bits per heavy atom. The van der Waals surface area contributed by atoms with E-state index in [0.717, 1.165) is 23.7 Å². The van der Waals surface area contributed by atoms with Gasteiger partial charge in [-0.25, -0.2) is 4.68 Å². The standard InChI is InChI=1S/C11H20N4/c1-3-15-11(10(12)8(2)14-15)13-9-6-4-5-7-9/h9,13H,3-7,12H2,1-2H3. The molecule has 0 radical (unpaired) electrons. The van der Waals surface area contributed by atoms with Crippen LogP contribution < -0.4 is 11.1 Å². The summed E-state index contributed by atoms with van der Waals surface area (Å²) in [5.41, 5.74) is 7.75. The molecule has 0 saturated heterocycles. The molecule has 0 unspecified atom stereocenters. The van der Waals surface area contributed by atoms with Crippen LogP contribution >= 0.6 is 0 Å². The fraction of sp³-hybridized carbons (Fsp3) is 0.727. The number of aromatic nitrogens is 2. The van der Waals surface area contributed by atoms with Crippen molar-refractivity contribution in [2.45, 2.75) is 52.1 Å². The van der Waals surface area contributed by atoms with E-state index in [0.29, 0.717) is 6.04 Å². The average molecular weight is 208 g/mol. The molecule has 1 fully saturated rings. The zero-order valence-corrected chi connectivity index (χ0v) is 9.58. The van der Waals surface area contributed by atoms with Gasteiger partial charge in [-0.1, -0.05) is 12.8 Å². The highest BCUT2D eigenvalue weighted by Crippen LogP contribution is 2.27. The van der Waals surface area contributed by atoms with Crippen LogP contribution in [-0.4, -0.2) is 15.8 Å². The first kappa shape index (κ1) is 10.3. The molecule has 0 amide bonds. The van der Waals surface area contributed by atoms with Crippen molar-refractivity contribution in [3.05, 3.63) is 5.69 Å². The van der Waals surface area contributed by atoms with Gasteiger partial charge in [0.1, 0.15) is 5.82 Å². The van der Waals surface area contributed by atoms with Crippen LogP contribution in [0, 0.1) is 6.92 Å². The van der Waals surface area contributed by atoms with Gasteiger partial charge in [-0.2, -0.15) is 5.10 Å². The first-order valence-corrected chi connectivity index (χ1v) is 5.81. The van der Waals surface area contributed by atoms with Crippen molar-refractivity contribution in [3.63, 3.8) is 0 Å². The molecule has 0 aliphatic heterocycles. The van der Waals surface area contributed by atoms with Crippen LogP contribution in [0.1, 0.15) is 38.3 Å². The Hall–Kier alpha value is -1.19. The summed E-state index contributed by atoms with van der Waals surface area (Å²) in [6.07, 6.45) is 5.17. The van der Waals surface area contributed by atoms with Gasteiger partial charge in [0.25, 0.3) is 0 Å². The van der Waals surface area contributed by atoms with Crippen molar-refractivity contribution in [3.8, 4) is 0 Å². The second-order valence-corrected chi connectivity index (χ2v) is 4.29. The lowest BCUT2D eigenvalue weighted by atomic mass is 10.2. The van der Waals surface area contributed by atoms with Gasteiger partial charge >= 0.3 is 0 Å². The molecule has 0 aromatic carbocycles. The van der Waals surface area contributed by atoms with Crippen molar-refractivity contribution < 1.29 is 0 Å². The lowest BCUT2D eigenvalue weighted by Gasteiger charge is -2.15. The van der Waals surface area contributed by atoms with Gasteiger partial charge in [0.05, 0.1) is 11.4 Å². The summed E-state index contributed by atoms with van der Waals surface area (Å²) in [6, 6.07) is 0.591. The Bertz CT molecular complexity index is 337. The Morgan fingerprint density at radius 2 is 2.13 bits per heavy atom. The van der Waals surface area contributed by atoms with E-state index in [1.165, 1.54) is 25.7 Å². The van der Waals surface area contributed by atoms with Gasteiger partial charge < -0.3 is 11.1 Å². The summed E-state index contributed by atoms with van der Waals surface area (Å²) in [6.45, 7) is 4.92. The lowest BCUT2D eigenvalue weighted by Crippen LogP contribution is -2.18. The van der Waals surface area contributed by atoms with E-state index < -0.39 is 0 Å². The van der Waals surface area contributed by atoms with Crippen molar-refractivity contribution in [2.24, 2.45) is 0 Å². The van der Waals surface area contributed by atoms with Crippen LogP contribution in [0.5, 0.6) is 0 Å². The molecule has 0 spiro atoms. The molecule has 1 heterocycles. The van der Waals surface area contributed by atoms with E-state index in [-0.39, 0.29) is 0 Å². The number of nitrogens with two attached hydrogens (primary N) is 1. The maximum atomic E-state index is 6.01. The van der Waals surface area contributed by atoms with Crippen molar-refractivity contribution in [2.75, 3.05) is 11.1 Å². The molecule has 1 saturated carbocycles. The molecular weight excluding hydrogens is 188 g/mol. The Kier molecular flexibility index (Phi) is 2.84. The van der Waals surface area contributed by atoms with Crippen molar-refractivity contribution in [1.29, 1.82) is 0 Å². The number of nitrogens with one attached hydrogen (secondary N) is 1. The first-order valence-electron chi connectivity index (χ1n) is 5.81. The minimum Gasteiger partial charge on any atom is -0.394 e. The number of nitrogens with zero attached hydrogens (tertiary/aromatic N) is 2. The summed E-state index contributed by atoms with van der Waals surface area (Å²) in [5, 5.41) is 7.92. The van der Waals surface area contributed by atoms with Gasteiger partial charge in [0, 0.05) is 12.6 Å². The minimum atomic E-state index is 0.591. The van der Waals surface area contributed by atoms with Gasteiger partial charge in [0.15, 0.2) is 0 Å². The zero-order valence-electron chi connectivity index (χ0n) is 9.58. The van der Waals surface area contributed by atoms with Gasteiger partial charge in [0.2, 0.25) is 0 Å². The second-order valence-electron chi connectivity index (χ2n) is 4.29. The Labute approximate surface area is 90.8 Å². The minimum absolute atomic E-state index is 0.591. The van der Waals surface area contributed by atoms with E-state index >= 15 is 0 Å². The predicted octanol–water partition coefficient (Wildman–Crippen LogP) is 2.15. The Morgan fingerprint density at radius 3 is 2.73 bits per heavy atom. The molecule has 3 N–H and O–H groups in total. The van der Waals surface area contributed by atoms with Crippen LogP contribution in [0.4, 0.5) is 11.5 Å². The van der Waals surface area contributed by atoms with Gasteiger partial charge in [-0.15, -0.1) is 0 Å². The number of aryl methyl sites for hydroxylation is 2. The lowest BCUT2D eigenvalue weighted by molar-refractivity contribution is 0.643. The van der Waals surface area contributed by atoms with Gasteiger partial charge in [-0.05, 0) is 26.7 Å². The van der Waals surface area contributed by atoms with E-state index in [1.807, 2.05) is 11.6 Å². The molecule has 84 valence electrons. The Balaban J connectivity index is 2.17. The van der Waals surface area contributed by atoms with Crippen LogP contribution in [-0.2, 0) is 6.54 Å². The predicted molar refractivity (Wildman–Crippen MR) is 62.9 cm³/mol. The van der Waals surface area contributed by atoms with Crippen LogP contribution in [0.2, 0.25) is 0 Å². The summed E-state index contributed by atoms with van der Waals surface area (Å²) in [5.74, 6) is 1.02. The molecule has 2 rings (SSSR count). The maximum Gasteiger partial charge on any atom is 0.148 e. The number of rotatable bonds is 3. The van der Waals surface area contributed by atoms with Crippen LogP contribution in [0.15, 0.2) is 0 Å². The number of hydrogen-bond acceptors (Lipinski definition) is 3. The van der Waals surface area contributed by atoms with E-state index in [4.69, 9.17) is 5.73 Å². The highest BCUT2D eigenvalue weighted by atomic mass is 15.3. The molecule has 0 bridgehead atoms. The third-order valence-electron chi connectivity index (χ3n) is 3.17. The number of nitrogen functional groups attached to an aromatic ring is 1. The third-order valence-corrected chi connectivity index (χ3v) is 3.17. The van der Waals surface area contributed by atoms with Crippen molar-refractivity contribution >= 4 is 11.5 Å².